The van der Waals surface area contributed by atoms with E-state index in [-0.39, 0.29) is 6.03 Å². The van der Waals surface area contributed by atoms with Crippen molar-refractivity contribution in [2.75, 3.05) is 11.9 Å². The van der Waals surface area contributed by atoms with Crippen LogP contribution in [0.2, 0.25) is 0 Å². The molecule has 7 heteroatoms. The number of fused-ring (bicyclic) bond motifs is 1. The minimum absolute atomic E-state index is 0.303. The van der Waals surface area contributed by atoms with Gasteiger partial charge in [-0.2, -0.15) is 0 Å². The molecular formula is C14H13N5O2. The molecule has 0 spiro atoms. The smallest absolute Gasteiger partial charge is 0.320 e. The number of nitrogens with zero attached hydrogens (tertiary/aromatic N) is 3. The van der Waals surface area contributed by atoms with Gasteiger partial charge in [0.15, 0.2) is 5.65 Å². The van der Waals surface area contributed by atoms with Gasteiger partial charge >= 0.3 is 6.03 Å². The van der Waals surface area contributed by atoms with Gasteiger partial charge in [-0.15, -0.1) is 0 Å². The fourth-order valence-electron chi connectivity index (χ4n) is 1.84. The molecule has 3 aromatic heterocycles. The van der Waals surface area contributed by atoms with Crippen molar-refractivity contribution in [3.05, 3.63) is 36.9 Å². The Morgan fingerprint density at radius 1 is 1.29 bits per heavy atom. The van der Waals surface area contributed by atoms with Crippen molar-refractivity contribution in [2.45, 2.75) is 6.92 Å². The molecule has 3 aromatic rings. The molecule has 0 fully saturated rings. The number of hydrogen-bond acceptors (Lipinski definition) is 5. The number of nitrogens with one attached hydrogen (secondary N) is 2. The molecule has 0 saturated carbocycles. The van der Waals surface area contributed by atoms with E-state index in [9.17, 15) is 4.79 Å². The van der Waals surface area contributed by atoms with E-state index in [0.29, 0.717) is 29.2 Å². The molecule has 21 heavy (non-hydrogen) atoms. The van der Waals surface area contributed by atoms with Crippen molar-refractivity contribution in [1.82, 2.24) is 20.3 Å². The molecule has 3 heterocycles. The largest absolute Gasteiger partial charge is 0.472 e. The van der Waals surface area contributed by atoms with Crippen molar-refractivity contribution in [2.24, 2.45) is 0 Å². The van der Waals surface area contributed by atoms with E-state index < -0.39 is 0 Å². The van der Waals surface area contributed by atoms with Crippen LogP contribution in [0.5, 0.6) is 0 Å². The summed E-state index contributed by atoms with van der Waals surface area (Å²) in [4.78, 5) is 24.5. The van der Waals surface area contributed by atoms with Crippen molar-refractivity contribution in [3.8, 4) is 11.3 Å². The van der Waals surface area contributed by atoms with Gasteiger partial charge in [-0.3, -0.25) is 10.3 Å². The van der Waals surface area contributed by atoms with Crippen LogP contribution in [0.4, 0.5) is 10.6 Å². The topological polar surface area (TPSA) is 92.9 Å². The van der Waals surface area contributed by atoms with Crippen molar-refractivity contribution in [3.63, 3.8) is 0 Å². The van der Waals surface area contributed by atoms with Gasteiger partial charge in [0.25, 0.3) is 0 Å². The van der Waals surface area contributed by atoms with E-state index in [4.69, 9.17) is 4.42 Å². The first-order valence-corrected chi connectivity index (χ1v) is 6.47. The van der Waals surface area contributed by atoms with Gasteiger partial charge in [-0.05, 0) is 25.1 Å². The average Bonchev–Trinajstić information content (AvgIpc) is 3.01. The summed E-state index contributed by atoms with van der Waals surface area (Å²) in [6.45, 7) is 2.39. The van der Waals surface area contributed by atoms with Crippen LogP contribution in [0.25, 0.3) is 22.4 Å². The van der Waals surface area contributed by atoms with Crippen molar-refractivity contribution in [1.29, 1.82) is 0 Å². The Balaban J connectivity index is 1.94. The van der Waals surface area contributed by atoms with Gasteiger partial charge in [0.1, 0.15) is 11.3 Å². The Hall–Kier alpha value is -2.96. The summed E-state index contributed by atoms with van der Waals surface area (Å²) in [6, 6.07) is 4.94. The quantitative estimate of drug-likeness (QED) is 0.770. The number of rotatable bonds is 3. The normalized spacial score (nSPS) is 10.5. The molecule has 7 nitrogen and oxygen atoms in total. The Labute approximate surface area is 120 Å². The number of furan rings is 1. The summed E-state index contributed by atoms with van der Waals surface area (Å²) >= 11 is 0. The molecule has 2 N–H and O–H groups in total. The molecule has 0 aliphatic carbocycles. The van der Waals surface area contributed by atoms with Crippen LogP contribution in [0.1, 0.15) is 6.92 Å². The van der Waals surface area contributed by atoms with Crippen LogP contribution in [0.15, 0.2) is 41.3 Å². The highest BCUT2D eigenvalue weighted by atomic mass is 16.3. The van der Waals surface area contributed by atoms with E-state index in [2.05, 4.69) is 25.6 Å². The number of aromatic nitrogens is 3. The summed E-state index contributed by atoms with van der Waals surface area (Å²) in [5, 5.41) is 5.28. The summed E-state index contributed by atoms with van der Waals surface area (Å²) < 4.78 is 5.03. The third-order valence-electron chi connectivity index (χ3n) is 2.80. The van der Waals surface area contributed by atoms with Gasteiger partial charge in [0.2, 0.25) is 0 Å². The Morgan fingerprint density at radius 3 is 2.95 bits per heavy atom. The zero-order valence-corrected chi connectivity index (χ0v) is 11.3. The lowest BCUT2D eigenvalue weighted by Gasteiger charge is -2.06. The highest BCUT2D eigenvalue weighted by Gasteiger charge is 2.07. The molecule has 106 valence electrons. The molecule has 0 saturated heterocycles. The molecule has 3 rings (SSSR count). The van der Waals surface area contributed by atoms with Crippen molar-refractivity contribution < 1.29 is 9.21 Å². The molecular weight excluding hydrogens is 270 g/mol. The molecule has 0 radical (unpaired) electrons. The van der Waals surface area contributed by atoms with Crippen LogP contribution >= 0.6 is 0 Å². The second-order valence-electron chi connectivity index (χ2n) is 4.29. The van der Waals surface area contributed by atoms with Crippen LogP contribution < -0.4 is 10.6 Å². The number of urea groups is 1. The lowest BCUT2D eigenvalue weighted by molar-refractivity contribution is 0.252. The van der Waals surface area contributed by atoms with E-state index in [1.165, 1.54) is 0 Å². The highest BCUT2D eigenvalue weighted by molar-refractivity contribution is 5.89. The third-order valence-corrected chi connectivity index (χ3v) is 2.80. The molecule has 0 unspecified atom stereocenters. The number of carbonyl (C=O) groups is 1. The standard InChI is InChI=1S/C14H13N5O2/c1-2-15-14(20)19-12-4-3-10-13(18-12)17-11(7-16-10)9-5-6-21-8-9/h3-8H,2H2,1H3,(H2,15,17,18,19,20). The molecule has 2 amide bonds. The zero-order chi connectivity index (χ0) is 14.7. The van der Waals surface area contributed by atoms with E-state index in [1.54, 1.807) is 36.9 Å². The predicted molar refractivity (Wildman–Crippen MR) is 77.7 cm³/mol. The van der Waals surface area contributed by atoms with Crippen LogP contribution in [0, 0.1) is 0 Å². The lowest BCUT2D eigenvalue weighted by Crippen LogP contribution is -2.28. The Morgan fingerprint density at radius 2 is 2.19 bits per heavy atom. The van der Waals surface area contributed by atoms with E-state index >= 15 is 0 Å². The summed E-state index contributed by atoms with van der Waals surface area (Å²) in [7, 11) is 0. The average molecular weight is 283 g/mol. The first-order chi connectivity index (χ1) is 10.3. The number of amides is 2. The predicted octanol–water partition coefficient (Wildman–Crippen LogP) is 2.43. The van der Waals surface area contributed by atoms with Gasteiger partial charge in [0, 0.05) is 12.1 Å². The maximum atomic E-state index is 11.5. The monoisotopic (exact) mass is 283 g/mol. The first-order valence-electron chi connectivity index (χ1n) is 6.47. The maximum absolute atomic E-state index is 11.5. The fourth-order valence-corrected chi connectivity index (χ4v) is 1.84. The number of hydrogen-bond donors (Lipinski definition) is 2. The van der Waals surface area contributed by atoms with E-state index in [0.717, 1.165) is 5.56 Å². The number of anilines is 1. The van der Waals surface area contributed by atoms with Crippen LogP contribution in [-0.4, -0.2) is 27.5 Å². The number of pyridine rings is 1. The number of carbonyl (C=O) groups excluding carboxylic acids is 1. The molecule has 0 bridgehead atoms. The summed E-state index contributed by atoms with van der Waals surface area (Å²) in [6.07, 6.45) is 4.82. The van der Waals surface area contributed by atoms with Crippen LogP contribution in [-0.2, 0) is 0 Å². The SMILES string of the molecule is CCNC(=O)Nc1ccc2ncc(-c3ccoc3)nc2n1. The fraction of sp³-hybridized carbons (Fsp3) is 0.143. The summed E-state index contributed by atoms with van der Waals surface area (Å²) in [5.74, 6) is 0.423. The maximum Gasteiger partial charge on any atom is 0.320 e. The zero-order valence-electron chi connectivity index (χ0n) is 11.3. The van der Waals surface area contributed by atoms with Crippen molar-refractivity contribution >= 4 is 23.0 Å². The molecule has 0 aliphatic rings. The van der Waals surface area contributed by atoms with Gasteiger partial charge < -0.3 is 9.73 Å². The van der Waals surface area contributed by atoms with Gasteiger partial charge in [-0.1, -0.05) is 0 Å². The van der Waals surface area contributed by atoms with Gasteiger partial charge in [0.05, 0.1) is 24.4 Å². The molecule has 0 aliphatic heterocycles. The second-order valence-corrected chi connectivity index (χ2v) is 4.29. The Bertz CT molecular complexity index is 770. The minimum atomic E-state index is -0.303. The lowest BCUT2D eigenvalue weighted by atomic mass is 10.2. The molecule has 0 atom stereocenters. The highest BCUT2D eigenvalue weighted by Crippen LogP contribution is 2.19. The van der Waals surface area contributed by atoms with E-state index in [1.807, 2.05) is 6.92 Å². The molecule has 0 aromatic carbocycles. The second kappa shape index (κ2) is 5.58. The Kier molecular flexibility index (Phi) is 3.46. The van der Waals surface area contributed by atoms with Gasteiger partial charge in [-0.25, -0.2) is 14.8 Å². The van der Waals surface area contributed by atoms with Crippen LogP contribution in [0.3, 0.4) is 0 Å². The minimum Gasteiger partial charge on any atom is -0.472 e. The summed E-state index contributed by atoms with van der Waals surface area (Å²) in [5.41, 5.74) is 2.61. The third kappa shape index (κ3) is 2.81. The first kappa shape index (κ1) is 13.0.